The summed E-state index contributed by atoms with van der Waals surface area (Å²) in [4.78, 5) is 5.71. The predicted molar refractivity (Wildman–Crippen MR) is 57.9 cm³/mol. The van der Waals surface area contributed by atoms with Gasteiger partial charge in [0.05, 0.1) is 17.8 Å². The Morgan fingerprint density at radius 1 is 1.47 bits per heavy atom. The number of nitrogens with zero attached hydrogens (tertiary/aromatic N) is 1. The third-order valence-corrected chi connectivity index (χ3v) is 2.63. The molecule has 1 aliphatic heterocycles. The van der Waals surface area contributed by atoms with Crippen molar-refractivity contribution >= 4 is 10.9 Å². The van der Waals surface area contributed by atoms with Crippen molar-refractivity contribution < 1.29 is 9.57 Å². The maximum absolute atomic E-state index is 5.71. The van der Waals surface area contributed by atoms with Crippen LogP contribution in [0.25, 0.3) is 10.9 Å². The highest BCUT2D eigenvalue weighted by molar-refractivity contribution is 5.80. The average molecular weight is 203 g/mol. The number of ether oxygens (including phenoxy) is 1. The van der Waals surface area contributed by atoms with E-state index in [-0.39, 0.29) is 0 Å². The predicted octanol–water partition coefficient (Wildman–Crippen LogP) is 1.78. The van der Waals surface area contributed by atoms with Crippen LogP contribution in [0.2, 0.25) is 0 Å². The summed E-state index contributed by atoms with van der Waals surface area (Å²) in [6.45, 7) is 3.52. The second-order valence-corrected chi connectivity index (χ2v) is 3.89. The van der Waals surface area contributed by atoms with Gasteiger partial charge in [-0.05, 0) is 19.1 Å². The van der Waals surface area contributed by atoms with E-state index < -0.39 is 0 Å². The van der Waals surface area contributed by atoms with Crippen molar-refractivity contribution in [2.75, 3.05) is 13.2 Å². The van der Waals surface area contributed by atoms with Gasteiger partial charge in [0, 0.05) is 5.39 Å². The summed E-state index contributed by atoms with van der Waals surface area (Å²) in [6, 6.07) is 10.3. The van der Waals surface area contributed by atoms with Crippen molar-refractivity contribution in [2.24, 2.45) is 0 Å². The molecule has 0 saturated carbocycles. The first-order valence-electron chi connectivity index (χ1n) is 5.16. The van der Waals surface area contributed by atoms with Crippen LogP contribution in [0.3, 0.4) is 0 Å². The van der Waals surface area contributed by atoms with E-state index in [0.29, 0.717) is 12.7 Å². The quantitative estimate of drug-likeness (QED) is 0.711. The van der Waals surface area contributed by atoms with Gasteiger partial charge < -0.3 is 9.57 Å². The van der Waals surface area contributed by atoms with Gasteiger partial charge in [-0.1, -0.05) is 18.2 Å². The molecule has 78 valence electrons. The van der Waals surface area contributed by atoms with Crippen molar-refractivity contribution in [3.8, 4) is 0 Å². The lowest BCUT2D eigenvalue weighted by Gasteiger charge is -2.08. The molecule has 0 bridgehead atoms. The highest BCUT2D eigenvalue weighted by atomic mass is 16.7. The number of benzene rings is 1. The zero-order chi connectivity index (χ0) is 10.3. The summed E-state index contributed by atoms with van der Waals surface area (Å²) in [5.74, 6) is 0. The van der Waals surface area contributed by atoms with Crippen LogP contribution in [0.5, 0.6) is 0 Å². The van der Waals surface area contributed by atoms with Gasteiger partial charge in [-0.2, -0.15) is 4.73 Å². The Bertz CT molecular complexity index is 485. The molecule has 0 spiro atoms. The molecule has 2 heterocycles. The molecule has 1 aromatic heterocycles. The van der Waals surface area contributed by atoms with Crippen LogP contribution in [0.4, 0.5) is 0 Å². The zero-order valence-electron chi connectivity index (χ0n) is 8.64. The molecule has 0 aliphatic carbocycles. The number of para-hydroxylation sites is 1. The molecule has 15 heavy (non-hydrogen) atoms. The minimum atomic E-state index is 0.297. The lowest BCUT2D eigenvalue weighted by atomic mass is 10.2. The number of aryl methyl sites for hydroxylation is 1. The molecule has 1 unspecified atom stereocenters. The van der Waals surface area contributed by atoms with E-state index in [1.807, 2.05) is 23.8 Å². The largest absolute Gasteiger partial charge is 0.411 e. The van der Waals surface area contributed by atoms with Crippen molar-refractivity contribution in [3.63, 3.8) is 0 Å². The maximum Gasteiger partial charge on any atom is 0.143 e. The fraction of sp³-hybridized carbons (Fsp3) is 0.333. The minimum Gasteiger partial charge on any atom is -0.411 e. The third kappa shape index (κ3) is 1.59. The van der Waals surface area contributed by atoms with Crippen LogP contribution < -0.4 is 4.84 Å². The Hall–Kier alpha value is -1.48. The van der Waals surface area contributed by atoms with Gasteiger partial charge in [0.2, 0.25) is 0 Å². The second kappa shape index (κ2) is 3.28. The smallest absolute Gasteiger partial charge is 0.143 e. The highest BCUT2D eigenvalue weighted by Gasteiger charge is 2.23. The normalized spacial score (nSPS) is 19.4. The second-order valence-electron chi connectivity index (χ2n) is 3.89. The van der Waals surface area contributed by atoms with Crippen molar-refractivity contribution in [1.29, 1.82) is 0 Å². The minimum absolute atomic E-state index is 0.297. The summed E-state index contributed by atoms with van der Waals surface area (Å²) in [5.41, 5.74) is 2.24. The zero-order valence-corrected chi connectivity index (χ0v) is 8.64. The third-order valence-electron chi connectivity index (χ3n) is 2.63. The van der Waals surface area contributed by atoms with Crippen LogP contribution in [0, 0.1) is 6.92 Å². The molecular weight excluding hydrogens is 190 g/mol. The van der Waals surface area contributed by atoms with Crippen LogP contribution in [0.15, 0.2) is 30.3 Å². The molecular formula is C12H13NO2. The van der Waals surface area contributed by atoms with Gasteiger partial charge in [-0.25, -0.2) is 0 Å². The molecule has 0 radical (unpaired) electrons. The molecule has 1 saturated heterocycles. The van der Waals surface area contributed by atoms with E-state index in [0.717, 1.165) is 17.8 Å². The molecule has 1 aromatic carbocycles. The van der Waals surface area contributed by atoms with Gasteiger partial charge >= 0.3 is 0 Å². The van der Waals surface area contributed by atoms with Gasteiger partial charge in [-0.15, -0.1) is 0 Å². The van der Waals surface area contributed by atoms with Crippen LogP contribution in [-0.2, 0) is 4.74 Å². The molecule has 0 N–H and O–H groups in total. The number of hydrogen-bond acceptors (Lipinski definition) is 2. The molecule has 2 aromatic rings. The van der Waals surface area contributed by atoms with E-state index in [2.05, 4.69) is 18.2 Å². The highest BCUT2D eigenvalue weighted by Crippen LogP contribution is 2.18. The van der Waals surface area contributed by atoms with Crippen molar-refractivity contribution in [3.05, 3.63) is 36.0 Å². The van der Waals surface area contributed by atoms with Crippen LogP contribution in [0.1, 0.15) is 5.69 Å². The SMILES string of the molecule is Cc1cc2ccccc2n1OCC1CO1. The molecule has 3 rings (SSSR count). The van der Waals surface area contributed by atoms with Gasteiger partial charge in [0.25, 0.3) is 0 Å². The van der Waals surface area contributed by atoms with Gasteiger partial charge in [0.15, 0.2) is 0 Å². The Kier molecular flexibility index (Phi) is 1.92. The molecule has 1 fully saturated rings. The Morgan fingerprint density at radius 2 is 2.27 bits per heavy atom. The number of hydrogen-bond donors (Lipinski definition) is 0. The maximum atomic E-state index is 5.71. The topological polar surface area (TPSA) is 26.7 Å². The van der Waals surface area contributed by atoms with Crippen molar-refractivity contribution in [2.45, 2.75) is 13.0 Å². The van der Waals surface area contributed by atoms with Gasteiger partial charge in [0.1, 0.15) is 12.7 Å². The fourth-order valence-corrected chi connectivity index (χ4v) is 1.76. The molecule has 1 aliphatic rings. The lowest BCUT2D eigenvalue weighted by molar-refractivity contribution is 0.101. The average Bonchev–Trinajstić information content (AvgIpc) is 3.00. The first-order chi connectivity index (χ1) is 7.34. The number of rotatable bonds is 3. The van der Waals surface area contributed by atoms with E-state index in [4.69, 9.17) is 9.57 Å². The summed E-state index contributed by atoms with van der Waals surface area (Å²) in [5, 5.41) is 1.21. The van der Waals surface area contributed by atoms with E-state index in [1.165, 1.54) is 5.39 Å². The first-order valence-corrected chi connectivity index (χ1v) is 5.16. The summed E-state index contributed by atoms with van der Waals surface area (Å²) in [6.07, 6.45) is 0.297. The Balaban J connectivity index is 1.95. The molecule has 3 nitrogen and oxygen atoms in total. The molecule has 1 atom stereocenters. The summed E-state index contributed by atoms with van der Waals surface area (Å²) < 4.78 is 7.01. The van der Waals surface area contributed by atoms with Gasteiger partial charge in [-0.3, -0.25) is 0 Å². The van der Waals surface area contributed by atoms with Crippen LogP contribution >= 0.6 is 0 Å². The van der Waals surface area contributed by atoms with E-state index >= 15 is 0 Å². The fourth-order valence-electron chi connectivity index (χ4n) is 1.76. The lowest BCUT2D eigenvalue weighted by Crippen LogP contribution is -2.17. The Labute approximate surface area is 88.2 Å². The standard InChI is InChI=1S/C12H13NO2/c1-9-6-10-4-2-3-5-12(10)13(9)15-8-11-7-14-11/h2-6,11H,7-8H2,1H3. The molecule has 3 heteroatoms. The Morgan fingerprint density at radius 3 is 3.07 bits per heavy atom. The van der Waals surface area contributed by atoms with E-state index in [1.54, 1.807) is 0 Å². The summed E-state index contributed by atoms with van der Waals surface area (Å²) >= 11 is 0. The van der Waals surface area contributed by atoms with Crippen LogP contribution in [-0.4, -0.2) is 24.0 Å². The number of epoxide rings is 1. The van der Waals surface area contributed by atoms with Crippen molar-refractivity contribution in [1.82, 2.24) is 4.73 Å². The number of fused-ring (bicyclic) bond motifs is 1. The van der Waals surface area contributed by atoms with E-state index in [9.17, 15) is 0 Å². The summed E-state index contributed by atoms with van der Waals surface area (Å²) in [7, 11) is 0. The molecule has 0 amide bonds. The first kappa shape index (κ1) is 8.80. The monoisotopic (exact) mass is 203 g/mol. The number of aromatic nitrogens is 1.